The highest BCUT2D eigenvalue weighted by molar-refractivity contribution is 5.93. The van der Waals surface area contributed by atoms with Gasteiger partial charge in [0.25, 0.3) is 0 Å². The SMILES string of the molecule is C=C1C(COC2OC(CO)C(O)C(O)C2O)=CC(=O)CC1(C)C. The first-order chi connectivity index (χ1) is 10.7. The zero-order valence-corrected chi connectivity index (χ0v) is 13.3. The molecule has 2 aliphatic rings. The second kappa shape index (κ2) is 6.80. The number of hydrogen-bond donors (Lipinski definition) is 4. The molecule has 7 nitrogen and oxygen atoms in total. The lowest BCUT2D eigenvalue weighted by Crippen LogP contribution is -2.59. The largest absolute Gasteiger partial charge is 0.394 e. The minimum atomic E-state index is -1.49. The molecule has 2 rings (SSSR count). The number of carbonyl (C=O) groups excluding carboxylic acids is 1. The summed E-state index contributed by atoms with van der Waals surface area (Å²) in [5.74, 6) is -0.0326. The third kappa shape index (κ3) is 3.71. The van der Waals surface area contributed by atoms with Gasteiger partial charge in [0.15, 0.2) is 12.1 Å². The molecule has 1 aliphatic carbocycles. The quantitative estimate of drug-likeness (QED) is 0.538. The molecule has 0 amide bonds. The summed E-state index contributed by atoms with van der Waals surface area (Å²) in [7, 11) is 0. The van der Waals surface area contributed by atoms with Crippen molar-refractivity contribution in [1.82, 2.24) is 0 Å². The molecule has 0 spiro atoms. The highest BCUT2D eigenvalue weighted by atomic mass is 16.7. The second-order valence-corrected chi connectivity index (χ2v) is 6.68. The molecular formula is C16H24O7. The summed E-state index contributed by atoms with van der Waals surface area (Å²) in [5, 5.41) is 38.5. The number of allylic oxidation sites excluding steroid dienone is 1. The van der Waals surface area contributed by atoms with Gasteiger partial charge in [0.05, 0.1) is 13.2 Å². The van der Waals surface area contributed by atoms with Crippen LogP contribution in [0.25, 0.3) is 0 Å². The van der Waals surface area contributed by atoms with Crippen molar-refractivity contribution in [3.8, 4) is 0 Å². The van der Waals surface area contributed by atoms with Crippen LogP contribution in [0.5, 0.6) is 0 Å². The summed E-state index contributed by atoms with van der Waals surface area (Å²) in [6, 6.07) is 0. The van der Waals surface area contributed by atoms with E-state index in [1.807, 2.05) is 13.8 Å². The lowest BCUT2D eigenvalue weighted by Gasteiger charge is -2.40. The molecular weight excluding hydrogens is 304 g/mol. The van der Waals surface area contributed by atoms with E-state index in [-0.39, 0.29) is 17.8 Å². The summed E-state index contributed by atoms with van der Waals surface area (Å²) in [6.07, 6.45) is -4.81. The highest BCUT2D eigenvalue weighted by Gasteiger charge is 2.44. The summed E-state index contributed by atoms with van der Waals surface area (Å²) >= 11 is 0. The van der Waals surface area contributed by atoms with Crippen LogP contribution in [-0.4, -0.2) is 70.1 Å². The predicted octanol–water partition coefficient (Wildman–Crippen LogP) is -0.716. The maximum atomic E-state index is 11.8. The molecule has 1 saturated heterocycles. The Morgan fingerprint density at radius 1 is 1.30 bits per heavy atom. The van der Waals surface area contributed by atoms with Crippen molar-refractivity contribution in [2.24, 2.45) is 5.41 Å². The van der Waals surface area contributed by atoms with Crippen molar-refractivity contribution >= 4 is 5.78 Å². The third-order valence-electron chi connectivity index (χ3n) is 4.41. The maximum absolute atomic E-state index is 11.8. The molecule has 130 valence electrons. The number of ether oxygens (including phenoxy) is 2. The van der Waals surface area contributed by atoms with E-state index in [4.69, 9.17) is 14.6 Å². The van der Waals surface area contributed by atoms with E-state index >= 15 is 0 Å². The zero-order chi connectivity index (χ0) is 17.4. The maximum Gasteiger partial charge on any atom is 0.187 e. The van der Waals surface area contributed by atoms with Crippen LogP contribution in [0.4, 0.5) is 0 Å². The fourth-order valence-electron chi connectivity index (χ4n) is 2.82. The van der Waals surface area contributed by atoms with Gasteiger partial charge in [0.1, 0.15) is 24.4 Å². The Hall–Kier alpha value is -1.09. The van der Waals surface area contributed by atoms with E-state index < -0.39 is 37.3 Å². The van der Waals surface area contributed by atoms with Crippen LogP contribution in [0.15, 0.2) is 23.8 Å². The molecule has 23 heavy (non-hydrogen) atoms. The summed E-state index contributed by atoms with van der Waals surface area (Å²) in [4.78, 5) is 11.8. The first kappa shape index (κ1) is 18.3. The zero-order valence-electron chi connectivity index (χ0n) is 13.3. The van der Waals surface area contributed by atoms with Gasteiger partial charge in [0, 0.05) is 6.42 Å². The normalized spacial score (nSPS) is 37.7. The smallest absolute Gasteiger partial charge is 0.187 e. The van der Waals surface area contributed by atoms with Gasteiger partial charge in [-0.2, -0.15) is 0 Å². The van der Waals surface area contributed by atoms with Gasteiger partial charge in [-0.1, -0.05) is 20.4 Å². The fourth-order valence-corrected chi connectivity index (χ4v) is 2.82. The van der Waals surface area contributed by atoms with Gasteiger partial charge < -0.3 is 29.9 Å². The number of aliphatic hydroxyl groups excluding tert-OH is 4. The highest BCUT2D eigenvalue weighted by Crippen LogP contribution is 2.38. The van der Waals surface area contributed by atoms with Crippen LogP contribution in [0.1, 0.15) is 20.3 Å². The molecule has 0 aromatic heterocycles. The number of rotatable bonds is 4. The molecule has 1 heterocycles. The van der Waals surface area contributed by atoms with Gasteiger partial charge in [-0.05, 0) is 22.6 Å². The first-order valence-corrected chi connectivity index (χ1v) is 7.52. The Morgan fingerprint density at radius 2 is 1.96 bits per heavy atom. The molecule has 0 aromatic rings. The number of aliphatic hydroxyl groups is 4. The van der Waals surface area contributed by atoms with Crippen LogP contribution >= 0.6 is 0 Å². The molecule has 5 atom stereocenters. The van der Waals surface area contributed by atoms with Gasteiger partial charge in [-0.15, -0.1) is 0 Å². The number of ketones is 1. The Labute approximate surface area is 134 Å². The van der Waals surface area contributed by atoms with Crippen molar-refractivity contribution < 1.29 is 34.7 Å². The van der Waals surface area contributed by atoms with Crippen LogP contribution in [0, 0.1) is 5.41 Å². The molecule has 0 aromatic carbocycles. The van der Waals surface area contributed by atoms with E-state index in [9.17, 15) is 20.1 Å². The van der Waals surface area contributed by atoms with Crippen molar-refractivity contribution in [3.63, 3.8) is 0 Å². The monoisotopic (exact) mass is 328 g/mol. The molecule has 1 fully saturated rings. The summed E-state index contributed by atoms with van der Waals surface area (Å²) in [6.45, 7) is 7.26. The lowest BCUT2D eigenvalue weighted by molar-refractivity contribution is -0.298. The second-order valence-electron chi connectivity index (χ2n) is 6.68. The van der Waals surface area contributed by atoms with Crippen LogP contribution in [0.2, 0.25) is 0 Å². The Bertz CT molecular complexity index is 509. The fraction of sp³-hybridized carbons (Fsp3) is 0.688. The average Bonchev–Trinajstić information content (AvgIpc) is 2.48. The van der Waals surface area contributed by atoms with Gasteiger partial charge >= 0.3 is 0 Å². The first-order valence-electron chi connectivity index (χ1n) is 7.52. The molecule has 1 aliphatic heterocycles. The van der Waals surface area contributed by atoms with E-state index in [0.717, 1.165) is 5.57 Å². The Morgan fingerprint density at radius 3 is 2.57 bits per heavy atom. The van der Waals surface area contributed by atoms with Crippen LogP contribution < -0.4 is 0 Å². The minimum absolute atomic E-state index is 0.0311. The topological polar surface area (TPSA) is 116 Å². The molecule has 0 saturated carbocycles. The van der Waals surface area contributed by atoms with Gasteiger partial charge in [0.2, 0.25) is 0 Å². The van der Waals surface area contributed by atoms with Gasteiger partial charge in [-0.25, -0.2) is 0 Å². The Kier molecular flexibility index (Phi) is 5.40. The lowest BCUT2D eigenvalue weighted by atomic mass is 9.73. The predicted molar refractivity (Wildman–Crippen MR) is 80.3 cm³/mol. The molecule has 7 heteroatoms. The van der Waals surface area contributed by atoms with Crippen molar-refractivity contribution in [2.75, 3.05) is 13.2 Å². The van der Waals surface area contributed by atoms with Crippen LogP contribution in [-0.2, 0) is 14.3 Å². The van der Waals surface area contributed by atoms with E-state index in [1.54, 1.807) is 0 Å². The van der Waals surface area contributed by atoms with Crippen LogP contribution in [0.3, 0.4) is 0 Å². The minimum Gasteiger partial charge on any atom is -0.394 e. The van der Waals surface area contributed by atoms with E-state index in [2.05, 4.69) is 6.58 Å². The van der Waals surface area contributed by atoms with E-state index in [1.165, 1.54) is 6.08 Å². The average molecular weight is 328 g/mol. The van der Waals surface area contributed by atoms with E-state index in [0.29, 0.717) is 12.0 Å². The molecule has 0 bridgehead atoms. The summed E-state index contributed by atoms with van der Waals surface area (Å²) < 4.78 is 10.7. The third-order valence-corrected chi connectivity index (χ3v) is 4.41. The van der Waals surface area contributed by atoms with Crippen molar-refractivity contribution in [3.05, 3.63) is 23.8 Å². The molecule has 0 radical (unpaired) electrons. The summed E-state index contributed by atoms with van der Waals surface area (Å²) in [5.41, 5.74) is 0.991. The standard InChI is InChI=1S/C16H24O7/c1-8-9(4-10(18)5-16(8,2)3)7-22-15-14(21)13(20)12(19)11(6-17)23-15/h4,11-15,17,19-21H,1,5-7H2,2-3H3. The van der Waals surface area contributed by atoms with Crippen molar-refractivity contribution in [1.29, 1.82) is 0 Å². The Balaban J connectivity index is 2.05. The number of carbonyl (C=O) groups is 1. The molecule has 5 unspecified atom stereocenters. The molecule has 4 N–H and O–H groups in total. The van der Waals surface area contributed by atoms with Crippen molar-refractivity contribution in [2.45, 2.75) is 51.0 Å². The van der Waals surface area contributed by atoms with Gasteiger partial charge in [-0.3, -0.25) is 4.79 Å². The number of hydrogen-bond acceptors (Lipinski definition) is 7.